The van der Waals surface area contributed by atoms with Crippen molar-refractivity contribution in [3.05, 3.63) is 82.1 Å². The van der Waals surface area contributed by atoms with Crippen molar-refractivity contribution in [2.75, 3.05) is 5.32 Å². The summed E-state index contributed by atoms with van der Waals surface area (Å²) in [7, 11) is 0. The normalized spacial score (nSPS) is 14.6. The molecular weight excluding hydrogens is 460 g/mol. The average molecular weight is 491 g/mol. The number of hydrogen-bond acceptors (Lipinski definition) is 3. The molecule has 1 aliphatic rings. The molecule has 0 saturated heterocycles. The fourth-order valence-electron chi connectivity index (χ4n) is 5.23. The Morgan fingerprint density at radius 3 is 2.57 bits per heavy atom. The Morgan fingerprint density at radius 1 is 1.11 bits per heavy atom. The number of aliphatic carboxylic acids is 1. The van der Waals surface area contributed by atoms with E-state index in [0.717, 1.165) is 64.8 Å². The van der Waals surface area contributed by atoms with Gasteiger partial charge in [0, 0.05) is 30.1 Å². The van der Waals surface area contributed by atoms with E-state index in [1.807, 2.05) is 31.2 Å². The maximum absolute atomic E-state index is 13.7. The first-order valence-corrected chi connectivity index (χ1v) is 12.5. The van der Waals surface area contributed by atoms with Crippen molar-refractivity contribution in [1.82, 2.24) is 4.98 Å². The first kappa shape index (κ1) is 24.9. The summed E-state index contributed by atoms with van der Waals surface area (Å²) in [4.78, 5) is 28.9. The van der Waals surface area contributed by atoms with Crippen molar-refractivity contribution >= 4 is 29.2 Å². The number of carboxylic acid groups (broad SMARTS) is 1. The Morgan fingerprint density at radius 2 is 1.89 bits per heavy atom. The number of aryl methyl sites for hydroxylation is 2. The second-order valence-electron chi connectivity index (χ2n) is 9.46. The number of nitrogens with zero attached hydrogens (tertiary/aromatic N) is 1. The van der Waals surface area contributed by atoms with Crippen molar-refractivity contribution in [3.8, 4) is 11.1 Å². The number of halogens is 1. The Labute approximate surface area is 211 Å². The third-order valence-corrected chi connectivity index (χ3v) is 7.30. The molecule has 5 nitrogen and oxygen atoms in total. The van der Waals surface area contributed by atoms with Crippen LogP contribution in [0.2, 0.25) is 5.02 Å². The van der Waals surface area contributed by atoms with Crippen LogP contribution in [0.1, 0.15) is 60.3 Å². The molecule has 1 aliphatic carbocycles. The number of rotatable bonds is 8. The van der Waals surface area contributed by atoms with Crippen LogP contribution in [-0.2, 0) is 16.0 Å². The second-order valence-corrected chi connectivity index (χ2v) is 9.90. The topological polar surface area (TPSA) is 79.3 Å². The highest BCUT2D eigenvalue weighted by Gasteiger charge is 2.32. The number of nitrogens with one attached hydrogen (secondary N) is 1. The van der Waals surface area contributed by atoms with Gasteiger partial charge in [0.25, 0.3) is 0 Å². The molecule has 0 aliphatic heterocycles. The van der Waals surface area contributed by atoms with E-state index in [1.165, 1.54) is 0 Å². The van der Waals surface area contributed by atoms with Gasteiger partial charge in [-0.1, -0.05) is 54.8 Å². The molecule has 4 rings (SSSR count). The number of amides is 1. The van der Waals surface area contributed by atoms with Gasteiger partial charge in [-0.2, -0.15) is 0 Å². The monoisotopic (exact) mass is 490 g/mol. The molecule has 1 amide bonds. The SMILES string of the molecule is Cc1cc([C@H](C(=O)Nc2cccc(CCC(=O)O)c2C)C2CCCC2)ccc1-c1cncc(Cl)c1. The quantitative estimate of drug-likeness (QED) is 0.358. The highest BCUT2D eigenvalue weighted by molar-refractivity contribution is 6.30. The minimum atomic E-state index is -0.826. The van der Waals surface area contributed by atoms with Gasteiger partial charge in [0.1, 0.15) is 0 Å². The van der Waals surface area contributed by atoms with E-state index in [4.69, 9.17) is 16.7 Å². The van der Waals surface area contributed by atoms with E-state index in [-0.39, 0.29) is 18.2 Å². The van der Waals surface area contributed by atoms with Gasteiger partial charge in [0.05, 0.1) is 10.9 Å². The zero-order valence-electron chi connectivity index (χ0n) is 20.2. The lowest BCUT2D eigenvalue weighted by Crippen LogP contribution is -2.27. The Hall–Kier alpha value is -3.18. The number of pyridine rings is 1. The van der Waals surface area contributed by atoms with Crippen LogP contribution >= 0.6 is 11.6 Å². The van der Waals surface area contributed by atoms with Crippen LogP contribution in [0.4, 0.5) is 5.69 Å². The molecular formula is C29H31ClN2O3. The van der Waals surface area contributed by atoms with Crippen molar-refractivity contribution < 1.29 is 14.7 Å². The number of hydrogen-bond donors (Lipinski definition) is 2. The van der Waals surface area contributed by atoms with Gasteiger partial charge in [-0.05, 0) is 79.0 Å². The first-order chi connectivity index (χ1) is 16.8. The fourth-order valence-corrected chi connectivity index (χ4v) is 5.41. The molecule has 0 unspecified atom stereocenters. The number of carbonyl (C=O) groups excluding carboxylic acids is 1. The lowest BCUT2D eigenvalue weighted by Gasteiger charge is -2.25. The van der Waals surface area contributed by atoms with Crippen LogP contribution in [0, 0.1) is 19.8 Å². The predicted molar refractivity (Wildman–Crippen MR) is 140 cm³/mol. The molecule has 1 saturated carbocycles. The number of aromatic nitrogens is 1. The largest absolute Gasteiger partial charge is 0.481 e. The first-order valence-electron chi connectivity index (χ1n) is 12.2. The van der Waals surface area contributed by atoms with Crippen LogP contribution in [-0.4, -0.2) is 22.0 Å². The highest BCUT2D eigenvalue weighted by Crippen LogP contribution is 2.40. The van der Waals surface area contributed by atoms with Gasteiger partial charge in [-0.15, -0.1) is 0 Å². The number of anilines is 1. The number of carboxylic acids is 1. The molecule has 1 heterocycles. The molecule has 1 aromatic heterocycles. The van der Waals surface area contributed by atoms with E-state index in [1.54, 1.807) is 12.4 Å². The van der Waals surface area contributed by atoms with Crippen molar-refractivity contribution in [1.29, 1.82) is 0 Å². The van der Waals surface area contributed by atoms with Crippen molar-refractivity contribution in [2.24, 2.45) is 5.92 Å². The molecule has 2 aromatic carbocycles. The third-order valence-electron chi connectivity index (χ3n) is 7.09. The maximum atomic E-state index is 13.7. The summed E-state index contributed by atoms with van der Waals surface area (Å²) in [6.45, 7) is 3.99. The van der Waals surface area contributed by atoms with E-state index in [0.29, 0.717) is 17.4 Å². The molecule has 182 valence electrons. The smallest absolute Gasteiger partial charge is 0.303 e. The zero-order chi connectivity index (χ0) is 24.9. The molecule has 0 bridgehead atoms. The molecule has 6 heteroatoms. The third kappa shape index (κ3) is 5.91. The summed E-state index contributed by atoms with van der Waals surface area (Å²) in [6, 6.07) is 13.8. The highest BCUT2D eigenvalue weighted by atomic mass is 35.5. The van der Waals surface area contributed by atoms with Crippen molar-refractivity contribution in [2.45, 2.75) is 58.3 Å². The van der Waals surface area contributed by atoms with Crippen LogP contribution in [0.15, 0.2) is 54.9 Å². The summed E-state index contributed by atoms with van der Waals surface area (Å²) in [6.07, 6.45) is 8.28. The Bertz CT molecular complexity index is 1230. The van der Waals surface area contributed by atoms with Gasteiger partial charge in [-0.25, -0.2) is 0 Å². The second kappa shape index (κ2) is 11.0. The summed E-state index contributed by atoms with van der Waals surface area (Å²) >= 11 is 6.15. The molecule has 0 radical (unpaired) electrons. The average Bonchev–Trinajstić information content (AvgIpc) is 3.34. The predicted octanol–water partition coefficient (Wildman–Crippen LogP) is 6.95. The maximum Gasteiger partial charge on any atom is 0.303 e. The Kier molecular flexibility index (Phi) is 7.86. The minimum Gasteiger partial charge on any atom is -0.481 e. The molecule has 1 atom stereocenters. The molecule has 35 heavy (non-hydrogen) atoms. The standard InChI is InChI=1S/C29H31ClN2O3/c1-18-14-22(10-12-25(18)23-15-24(30)17-31-16-23)28(21-6-3-4-7-21)29(35)32-26-9-5-8-20(19(26)2)11-13-27(33)34/h5,8-10,12,14-17,21,28H,3-4,6-7,11,13H2,1-2H3,(H,32,35)(H,33,34)/t28-/m1/s1. The van der Waals surface area contributed by atoms with Crippen LogP contribution < -0.4 is 5.32 Å². The van der Waals surface area contributed by atoms with Gasteiger partial charge in [0.15, 0.2) is 0 Å². The molecule has 3 aromatic rings. The summed E-state index contributed by atoms with van der Waals surface area (Å²) in [5.74, 6) is -0.784. The summed E-state index contributed by atoms with van der Waals surface area (Å²) in [5.41, 5.74) is 6.72. The van der Waals surface area contributed by atoms with Gasteiger partial charge in [0.2, 0.25) is 5.91 Å². The van der Waals surface area contributed by atoms with Gasteiger partial charge < -0.3 is 10.4 Å². The van der Waals surface area contributed by atoms with Crippen molar-refractivity contribution in [3.63, 3.8) is 0 Å². The fraction of sp³-hybridized carbons (Fsp3) is 0.345. The molecule has 2 N–H and O–H groups in total. The Balaban J connectivity index is 1.62. The molecule has 0 spiro atoms. The molecule has 1 fully saturated rings. The minimum absolute atomic E-state index is 0.00745. The van der Waals surface area contributed by atoms with Crippen LogP contribution in [0.5, 0.6) is 0 Å². The summed E-state index contributed by atoms with van der Waals surface area (Å²) < 4.78 is 0. The lowest BCUT2D eigenvalue weighted by atomic mass is 9.82. The van der Waals surface area contributed by atoms with E-state index in [9.17, 15) is 9.59 Å². The van der Waals surface area contributed by atoms with E-state index in [2.05, 4.69) is 35.4 Å². The van der Waals surface area contributed by atoms with E-state index >= 15 is 0 Å². The number of carbonyl (C=O) groups is 2. The van der Waals surface area contributed by atoms with E-state index < -0.39 is 5.97 Å². The zero-order valence-corrected chi connectivity index (χ0v) is 20.9. The summed E-state index contributed by atoms with van der Waals surface area (Å²) in [5, 5.41) is 12.8. The van der Waals surface area contributed by atoms with Crippen LogP contribution in [0.3, 0.4) is 0 Å². The lowest BCUT2D eigenvalue weighted by molar-refractivity contribution is -0.137. The van der Waals surface area contributed by atoms with Gasteiger partial charge >= 0.3 is 5.97 Å². The van der Waals surface area contributed by atoms with Crippen LogP contribution in [0.25, 0.3) is 11.1 Å². The number of benzene rings is 2. The van der Waals surface area contributed by atoms with Gasteiger partial charge in [-0.3, -0.25) is 14.6 Å².